The molecule has 5 rings (SSSR count). The van der Waals surface area contributed by atoms with Crippen molar-refractivity contribution in [3.8, 4) is 22.8 Å². The number of nitrogens with one attached hydrogen (secondary N) is 1. The number of aromatic amines is 1. The standard InChI is InChI=1S/C31H41IN4O3/c1-6-24-25-17-22(7-9-26(25)33-30(24)21-8-10-27(38-4)28(18-21)39-5)31(37)35-15-13-34(14-16-35)23-11-12-36(20(2)3)29(32)19-23/h7-10,17-18,20,23,29,33H,6,11-16,19H2,1-5H3. The molecule has 3 heterocycles. The molecule has 1 aromatic heterocycles. The zero-order valence-electron chi connectivity index (χ0n) is 23.8. The summed E-state index contributed by atoms with van der Waals surface area (Å²) in [7, 11) is 3.30. The van der Waals surface area contributed by atoms with Gasteiger partial charge in [-0.2, -0.15) is 0 Å². The van der Waals surface area contributed by atoms with Gasteiger partial charge in [-0.3, -0.25) is 14.6 Å². The van der Waals surface area contributed by atoms with Gasteiger partial charge in [-0.15, -0.1) is 0 Å². The highest BCUT2D eigenvalue weighted by Crippen LogP contribution is 2.36. The summed E-state index contributed by atoms with van der Waals surface area (Å²) in [5, 5.41) is 1.11. The van der Waals surface area contributed by atoms with Crippen molar-refractivity contribution in [3.63, 3.8) is 0 Å². The fraction of sp³-hybridized carbons (Fsp3) is 0.516. The second-order valence-electron chi connectivity index (χ2n) is 10.9. The summed E-state index contributed by atoms with van der Waals surface area (Å²) in [6.07, 6.45) is 3.28. The minimum atomic E-state index is 0.133. The van der Waals surface area contributed by atoms with Crippen LogP contribution in [0.5, 0.6) is 11.5 Å². The van der Waals surface area contributed by atoms with Gasteiger partial charge in [-0.1, -0.05) is 29.5 Å². The van der Waals surface area contributed by atoms with Crippen molar-refractivity contribution < 1.29 is 14.3 Å². The summed E-state index contributed by atoms with van der Waals surface area (Å²) < 4.78 is 11.5. The van der Waals surface area contributed by atoms with E-state index in [4.69, 9.17) is 9.47 Å². The van der Waals surface area contributed by atoms with Crippen molar-refractivity contribution in [2.24, 2.45) is 0 Å². The Kier molecular flexibility index (Phi) is 8.73. The molecule has 0 aliphatic carbocycles. The number of alkyl halides is 1. The van der Waals surface area contributed by atoms with Crippen molar-refractivity contribution in [2.75, 3.05) is 46.9 Å². The number of nitrogens with zero attached hydrogens (tertiary/aromatic N) is 3. The van der Waals surface area contributed by atoms with Crippen LogP contribution in [0.1, 0.15) is 49.5 Å². The van der Waals surface area contributed by atoms with Crippen LogP contribution in [0.4, 0.5) is 0 Å². The molecule has 2 fully saturated rings. The number of H-pyrrole nitrogens is 1. The van der Waals surface area contributed by atoms with Crippen LogP contribution >= 0.6 is 22.6 Å². The number of amides is 1. The maximum Gasteiger partial charge on any atom is 0.253 e. The van der Waals surface area contributed by atoms with Crippen molar-refractivity contribution in [3.05, 3.63) is 47.5 Å². The van der Waals surface area contributed by atoms with Gasteiger partial charge in [0.2, 0.25) is 0 Å². The number of methoxy groups -OCH3 is 2. The second-order valence-corrected chi connectivity index (χ2v) is 12.4. The Morgan fingerprint density at radius 1 is 1.03 bits per heavy atom. The summed E-state index contributed by atoms with van der Waals surface area (Å²) >= 11 is 2.61. The van der Waals surface area contributed by atoms with Crippen LogP contribution in [0, 0.1) is 0 Å². The number of hydrogen-bond donors (Lipinski definition) is 1. The first kappa shape index (κ1) is 28.2. The van der Waals surface area contributed by atoms with E-state index in [1.54, 1.807) is 14.2 Å². The zero-order valence-corrected chi connectivity index (χ0v) is 26.0. The maximum absolute atomic E-state index is 13.6. The highest BCUT2D eigenvalue weighted by atomic mass is 127. The van der Waals surface area contributed by atoms with Gasteiger partial charge in [-0.05, 0) is 75.1 Å². The largest absolute Gasteiger partial charge is 0.493 e. The van der Waals surface area contributed by atoms with Gasteiger partial charge in [0.05, 0.1) is 18.3 Å². The van der Waals surface area contributed by atoms with E-state index in [1.165, 1.54) is 18.4 Å². The van der Waals surface area contributed by atoms with Gasteiger partial charge < -0.3 is 19.4 Å². The SMILES string of the molecule is CCc1c(-c2ccc(OC)c(OC)c2)[nH]c2ccc(C(=O)N3CCN(C4CCN(C(C)C)C(I)C4)CC3)cc12. The molecule has 2 aromatic carbocycles. The molecule has 0 radical (unpaired) electrons. The van der Waals surface area contributed by atoms with E-state index in [0.717, 1.165) is 66.9 Å². The van der Waals surface area contributed by atoms with Crippen LogP contribution in [-0.2, 0) is 6.42 Å². The number of likely N-dealkylation sites (tertiary alicyclic amines) is 1. The molecule has 1 N–H and O–H groups in total. The van der Waals surface area contributed by atoms with Gasteiger partial charge in [0, 0.05) is 72.5 Å². The van der Waals surface area contributed by atoms with Crippen molar-refractivity contribution in [1.29, 1.82) is 0 Å². The topological polar surface area (TPSA) is 61.0 Å². The van der Waals surface area contributed by atoms with E-state index in [0.29, 0.717) is 27.6 Å². The first-order chi connectivity index (χ1) is 18.8. The number of piperazine rings is 1. The minimum absolute atomic E-state index is 0.133. The summed E-state index contributed by atoms with van der Waals surface area (Å²) in [6, 6.07) is 13.3. The summed E-state index contributed by atoms with van der Waals surface area (Å²) in [6.45, 7) is 11.4. The summed E-state index contributed by atoms with van der Waals surface area (Å²) in [5.74, 6) is 1.54. The molecule has 210 valence electrons. The first-order valence-electron chi connectivity index (χ1n) is 14.1. The Morgan fingerprint density at radius 3 is 2.41 bits per heavy atom. The van der Waals surface area contributed by atoms with Crippen LogP contribution in [-0.4, -0.2) is 88.7 Å². The van der Waals surface area contributed by atoms with Gasteiger partial charge in [0.15, 0.2) is 11.5 Å². The third-order valence-corrected chi connectivity index (χ3v) is 9.73. The Balaban J connectivity index is 1.30. The first-order valence-corrected chi connectivity index (χ1v) is 15.4. The average Bonchev–Trinajstić information content (AvgIpc) is 3.34. The van der Waals surface area contributed by atoms with E-state index < -0.39 is 0 Å². The number of ether oxygens (including phenoxy) is 2. The number of halogens is 1. The Labute approximate surface area is 246 Å². The lowest BCUT2D eigenvalue weighted by Crippen LogP contribution is -2.56. The molecular weight excluding hydrogens is 603 g/mol. The van der Waals surface area contributed by atoms with Gasteiger partial charge in [-0.25, -0.2) is 0 Å². The fourth-order valence-corrected chi connectivity index (χ4v) is 7.80. The molecule has 3 aromatic rings. The number of rotatable bonds is 7. The molecule has 2 aliphatic rings. The molecular formula is C31H41IN4O3. The van der Waals surface area contributed by atoms with Gasteiger partial charge >= 0.3 is 0 Å². The number of aromatic nitrogens is 1. The predicted octanol–water partition coefficient (Wildman–Crippen LogP) is 5.81. The number of carbonyl (C=O) groups is 1. The molecule has 1 amide bonds. The van der Waals surface area contributed by atoms with E-state index >= 15 is 0 Å². The molecule has 2 unspecified atom stereocenters. The Bertz CT molecular complexity index is 1310. The summed E-state index contributed by atoms with van der Waals surface area (Å²) in [4.78, 5) is 24.4. The quantitative estimate of drug-likeness (QED) is 0.200. The molecule has 39 heavy (non-hydrogen) atoms. The molecule has 7 nitrogen and oxygen atoms in total. The smallest absolute Gasteiger partial charge is 0.253 e. The highest BCUT2D eigenvalue weighted by Gasteiger charge is 2.33. The molecule has 2 aliphatic heterocycles. The van der Waals surface area contributed by atoms with Crippen LogP contribution < -0.4 is 9.47 Å². The third-order valence-electron chi connectivity index (χ3n) is 8.51. The molecule has 0 saturated carbocycles. The van der Waals surface area contributed by atoms with E-state index in [1.807, 2.05) is 35.2 Å². The van der Waals surface area contributed by atoms with Crippen LogP contribution in [0.15, 0.2) is 36.4 Å². The molecule has 0 spiro atoms. The molecule has 0 bridgehead atoms. The number of benzene rings is 2. The molecule has 8 heteroatoms. The minimum Gasteiger partial charge on any atom is -0.493 e. The highest BCUT2D eigenvalue weighted by molar-refractivity contribution is 14.1. The van der Waals surface area contributed by atoms with Crippen LogP contribution in [0.3, 0.4) is 0 Å². The normalized spacial score (nSPS) is 21.1. The summed E-state index contributed by atoms with van der Waals surface area (Å²) in [5.41, 5.74) is 5.11. The van der Waals surface area contributed by atoms with Gasteiger partial charge in [0.25, 0.3) is 5.91 Å². The Morgan fingerprint density at radius 2 is 1.77 bits per heavy atom. The van der Waals surface area contributed by atoms with Crippen LogP contribution in [0.2, 0.25) is 0 Å². The lowest BCUT2D eigenvalue weighted by Gasteiger charge is -2.45. The molecule has 2 saturated heterocycles. The second kappa shape index (κ2) is 12.1. The van der Waals surface area contributed by atoms with Crippen LogP contribution in [0.25, 0.3) is 22.2 Å². The van der Waals surface area contributed by atoms with Gasteiger partial charge in [0.1, 0.15) is 0 Å². The predicted molar refractivity (Wildman–Crippen MR) is 166 cm³/mol. The zero-order chi connectivity index (χ0) is 27.7. The Hall–Kier alpha value is -2.30. The van der Waals surface area contributed by atoms with Crippen molar-refractivity contribution >= 4 is 39.4 Å². The number of piperidine rings is 1. The molecule has 2 atom stereocenters. The fourth-order valence-electron chi connectivity index (χ4n) is 6.29. The lowest BCUT2D eigenvalue weighted by molar-refractivity contribution is 0.0395. The average molecular weight is 645 g/mol. The van der Waals surface area contributed by atoms with Crippen molar-refractivity contribution in [1.82, 2.24) is 19.7 Å². The number of fused-ring (bicyclic) bond motifs is 1. The lowest BCUT2D eigenvalue weighted by atomic mass is 10.0. The van der Waals surface area contributed by atoms with E-state index in [2.05, 4.69) is 64.2 Å². The van der Waals surface area contributed by atoms with Crippen molar-refractivity contribution in [2.45, 2.75) is 56.2 Å². The maximum atomic E-state index is 13.6. The number of carbonyl (C=O) groups excluding carboxylic acids is 1. The number of hydrogen-bond acceptors (Lipinski definition) is 5. The van der Waals surface area contributed by atoms with E-state index in [9.17, 15) is 4.79 Å². The third kappa shape index (κ3) is 5.65. The monoisotopic (exact) mass is 644 g/mol. The number of aryl methyl sites for hydroxylation is 1. The van der Waals surface area contributed by atoms with E-state index in [-0.39, 0.29) is 5.91 Å².